The first-order valence-electron chi connectivity index (χ1n) is 7.65. The third-order valence-corrected chi connectivity index (χ3v) is 4.70. The van der Waals surface area contributed by atoms with E-state index in [0.29, 0.717) is 24.3 Å². The van der Waals surface area contributed by atoms with Gasteiger partial charge < -0.3 is 10.0 Å². The van der Waals surface area contributed by atoms with Gasteiger partial charge in [0.05, 0.1) is 0 Å². The highest BCUT2D eigenvalue weighted by Gasteiger charge is 2.41. The summed E-state index contributed by atoms with van der Waals surface area (Å²) in [7, 11) is 3.80. The van der Waals surface area contributed by atoms with Crippen LogP contribution in [0.3, 0.4) is 0 Å². The Hall–Kier alpha value is -0.900. The van der Waals surface area contributed by atoms with Crippen molar-refractivity contribution in [3.8, 4) is 0 Å². The fourth-order valence-electron chi connectivity index (χ4n) is 3.70. The van der Waals surface area contributed by atoms with Gasteiger partial charge in [0.15, 0.2) is 0 Å². The maximum Gasteiger partial charge on any atom is 0.372 e. The first-order chi connectivity index (χ1) is 9.23. The molecule has 0 amide bonds. The van der Waals surface area contributed by atoms with E-state index in [2.05, 4.69) is 20.8 Å². The summed E-state index contributed by atoms with van der Waals surface area (Å²) in [6, 6.07) is 0. The van der Waals surface area contributed by atoms with Gasteiger partial charge in [-0.1, -0.05) is 27.2 Å². The molecule has 1 N–H and O–H groups in total. The Morgan fingerprint density at radius 3 is 2.25 bits per heavy atom. The maximum atomic E-state index is 12.1. The number of carboxylic acids is 1. The lowest BCUT2D eigenvalue weighted by Crippen LogP contribution is -2.43. The molecule has 0 radical (unpaired) electrons. The zero-order chi connectivity index (χ0) is 15.4. The van der Waals surface area contributed by atoms with E-state index >= 15 is 0 Å². The summed E-state index contributed by atoms with van der Waals surface area (Å²) in [6.45, 7) is 7.12. The van der Waals surface area contributed by atoms with Crippen molar-refractivity contribution in [2.45, 2.75) is 40.0 Å². The number of hydrogen-bond donors (Lipinski definition) is 1. The van der Waals surface area contributed by atoms with Gasteiger partial charge in [-0.15, -0.1) is 0 Å². The van der Waals surface area contributed by atoms with Gasteiger partial charge in [-0.3, -0.25) is 4.79 Å². The van der Waals surface area contributed by atoms with Crippen LogP contribution in [0.2, 0.25) is 0 Å². The summed E-state index contributed by atoms with van der Waals surface area (Å²) in [4.78, 5) is 25.2. The molecule has 0 aliphatic heterocycles. The molecule has 0 aromatic rings. The van der Waals surface area contributed by atoms with Crippen LogP contribution in [0.4, 0.5) is 0 Å². The van der Waals surface area contributed by atoms with Gasteiger partial charge in [0, 0.05) is 12.5 Å². The van der Waals surface area contributed by atoms with Crippen molar-refractivity contribution in [2.24, 2.45) is 29.6 Å². The monoisotopic (exact) mass is 283 g/mol. The first kappa shape index (κ1) is 17.2. The number of carbonyl (C=O) groups is 2. The summed E-state index contributed by atoms with van der Waals surface area (Å²) in [5, 5.41) is 9.12. The van der Waals surface area contributed by atoms with Crippen molar-refractivity contribution >= 4 is 11.8 Å². The van der Waals surface area contributed by atoms with Crippen molar-refractivity contribution in [1.82, 2.24) is 4.90 Å². The van der Waals surface area contributed by atoms with Crippen LogP contribution in [0.5, 0.6) is 0 Å². The number of aliphatic carboxylic acids is 1. The summed E-state index contributed by atoms with van der Waals surface area (Å²) >= 11 is 0. The van der Waals surface area contributed by atoms with Gasteiger partial charge in [0.1, 0.15) is 0 Å². The molecule has 1 saturated carbocycles. The minimum atomic E-state index is -1.28. The predicted molar refractivity (Wildman–Crippen MR) is 79.5 cm³/mol. The van der Waals surface area contributed by atoms with Gasteiger partial charge in [-0.05, 0) is 50.6 Å². The Morgan fingerprint density at radius 1 is 1.20 bits per heavy atom. The lowest BCUT2D eigenvalue weighted by atomic mass is 9.64. The highest BCUT2D eigenvalue weighted by atomic mass is 16.4. The number of ketones is 1. The molecule has 1 aliphatic carbocycles. The molecular weight excluding hydrogens is 254 g/mol. The molecule has 0 aromatic carbocycles. The van der Waals surface area contributed by atoms with Crippen LogP contribution in [0, 0.1) is 29.6 Å². The molecule has 20 heavy (non-hydrogen) atoms. The zero-order valence-electron chi connectivity index (χ0n) is 13.4. The first-order valence-corrected chi connectivity index (χ1v) is 7.65. The third-order valence-electron chi connectivity index (χ3n) is 4.70. The highest BCUT2D eigenvalue weighted by Crippen LogP contribution is 2.42. The van der Waals surface area contributed by atoms with Gasteiger partial charge in [-0.2, -0.15) is 0 Å². The van der Waals surface area contributed by atoms with E-state index in [9.17, 15) is 9.59 Å². The third kappa shape index (κ3) is 4.30. The smallest absolute Gasteiger partial charge is 0.372 e. The number of Topliss-reactive ketones (excluding diaryl/α,β-unsaturated/α-hetero) is 1. The average molecular weight is 283 g/mol. The van der Waals surface area contributed by atoms with Gasteiger partial charge in [-0.25, -0.2) is 4.79 Å². The topological polar surface area (TPSA) is 57.6 Å². The Kier molecular flexibility index (Phi) is 6.18. The Balaban J connectivity index is 3.00. The second-order valence-electron chi connectivity index (χ2n) is 7.03. The van der Waals surface area contributed by atoms with Crippen molar-refractivity contribution in [1.29, 1.82) is 0 Å². The second-order valence-corrected chi connectivity index (χ2v) is 7.03. The summed E-state index contributed by atoms with van der Waals surface area (Å²) in [5.41, 5.74) is 0. The van der Waals surface area contributed by atoms with Crippen LogP contribution >= 0.6 is 0 Å². The SMILES string of the molecule is CC1CCC(C(C)C)C(C(CN(C)C)C(=O)C(=O)O)C1. The predicted octanol–water partition coefficient (Wildman–Crippen LogP) is 2.53. The molecule has 0 bridgehead atoms. The molecule has 1 aliphatic rings. The number of rotatable bonds is 6. The minimum Gasteiger partial charge on any atom is -0.475 e. The van der Waals surface area contributed by atoms with Crippen LogP contribution in [-0.4, -0.2) is 42.4 Å². The summed E-state index contributed by atoms with van der Waals surface area (Å²) < 4.78 is 0. The molecule has 4 unspecified atom stereocenters. The van der Waals surface area contributed by atoms with E-state index in [0.717, 1.165) is 12.8 Å². The van der Waals surface area contributed by atoms with Crippen molar-refractivity contribution < 1.29 is 14.7 Å². The second kappa shape index (κ2) is 7.21. The fraction of sp³-hybridized carbons (Fsp3) is 0.875. The van der Waals surface area contributed by atoms with E-state index < -0.39 is 11.8 Å². The van der Waals surface area contributed by atoms with Gasteiger partial charge in [0.2, 0.25) is 5.78 Å². The molecule has 0 spiro atoms. The van der Waals surface area contributed by atoms with E-state index in [1.54, 1.807) is 0 Å². The molecule has 1 rings (SSSR count). The molecular formula is C16H29NO3. The Labute approximate surface area is 122 Å². The Bertz CT molecular complexity index is 352. The summed E-state index contributed by atoms with van der Waals surface area (Å²) in [5.74, 6) is -0.525. The van der Waals surface area contributed by atoms with Crippen LogP contribution in [0.15, 0.2) is 0 Å². The molecule has 0 saturated heterocycles. The standard InChI is InChI=1S/C16H29NO3/c1-10(2)12-7-6-11(3)8-13(12)14(9-17(4)5)15(18)16(19)20/h10-14H,6-9H2,1-5H3,(H,19,20). The van der Waals surface area contributed by atoms with Gasteiger partial charge >= 0.3 is 5.97 Å². The quantitative estimate of drug-likeness (QED) is 0.761. The number of carbonyl (C=O) groups excluding carboxylic acids is 1. The Morgan fingerprint density at radius 2 is 1.80 bits per heavy atom. The van der Waals surface area contributed by atoms with Crippen molar-refractivity contribution in [3.05, 3.63) is 0 Å². The maximum absolute atomic E-state index is 12.1. The van der Waals surface area contributed by atoms with E-state index in [1.165, 1.54) is 6.42 Å². The molecule has 1 fully saturated rings. The minimum absolute atomic E-state index is 0.199. The fourth-order valence-corrected chi connectivity index (χ4v) is 3.70. The van der Waals surface area contributed by atoms with Crippen molar-refractivity contribution in [3.63, 3.8) is 0 Å². The number of hydrogen-bond acceptors (Lipinski definition) is 3. The molecule has 4 atom stereocenters. The van der Waals surface area contributed by atoms with Crippen LogP contribution in [0.25, 0.3) is 0 Å². The van der Waals surface area contributed by atoms with Crippen LogP contribution in [0.1, 0.15) is 40.0 Å². The van der Waals surface area contributed by atoms with E-state index in [4.69, 9.17) is 5.11 Å². The summed E-state index contributed by atoms with van der Waals surface area (Å²) in [6.07, 6.45) is 3.27. The lowest BCUT2D eigenvalue weighted by molar-refractivity contribution is -0.153. The van der Waals surface area contributed by atoms with Crippen molar-refractivity contribution in [2.75, 3.05) is 20.6 Å². The number of nitrogens with zero attached hydrogens (tertiary/aromatic N) is 1. The van der Waals surface area contributed by atoms with E-state index in [-0.39, 0.29) is 11.8 Å². The van der Waals surface area contributed by atoms with Gasteiger partial charge in [0.25, 0.3) is 0 Å². The van der Waals surface area contributed by atoms with E-state index in [1.807, 2.05) is 19.0 Å². The molecule has 4 heteroatoms. The largest absolute Gasteiger partial charge is 0.475 e. The molecule has 0 heterocycles. The zero-order valence-corrected chi connectivity index (χ0v) is 13.4. The lowest BCUT2D eigenvalue weighted by Gasteiger charge is -2.41. The molecule has 0 aromatic heterocycles. The number of carboxylic acid groups (broad SMARTS) is 1. The van der Waals surface area contributed by atoms with Crippen LogP contribution in [-0.2, 0) is 9.59 Å². The molecule has 116 valence electrons. The van der Waals surface area contributed by atoms with Crippen LogP contribution < -0.4 is 0 Å². The normalized spacial score (nSPS) is 28.6. The average Bonchev–Trinajstić information content (AvgIpc) is 2.34. The molecule has 4 nitrogen and oxygen atoms in total. The highest BCUT2D eigenvalue weighted by molar-refractivity contribution is 6.33.